The molecule has 0 aliphatic carbocycles. The third kappa shape index (κ3) is 16.3. The van der Waals surface area contributed by atoms with Crippen molar-refractivity contribution in [3.8, 4) is 0 Å². The molecule has 0 aromatic carbocycles. The maximum Gasteiger partial charge on any atom is 0.331 e. The van der Waals surface area contributed by atoms with E-state index in [2.05, 4.69) is 11.3 Å². The van der Waals surface area contributed by atoms with Crippen LogP contribution >= 0.6 is 0 Å². The Hall–Kier alpha value is -2.15. The number of carboxylic acids is 3. The normalized spacial score (nSPS) is 10.0. The molecule has 0 amide bonds. The summed E-state index contributed by atoms with van der Waals surface area (Å²) >= 11 is 0. The van der Waals surface area contributed by atoms with E-state index in [0.717, 1.165) is 5.57 Å². The molecule has 18 heavy (non-hydrogen) atoms. The molecule has 0 bridgehead atoms. The summed E-state index contributed by atoms with van der Waals surface area (Å²) in [7, 11) is 0. The van der Waals surface area contributed by atoms with Crippen LogP contribution in [-0.2, 0) is 19.1 Å². The zero-order valence-corrected chi connectivity index (χ0v) is 10.2. The number of hydrogen-bond acceptors (Lipinski definition) is 4. The zero-order valence-electron chi connectivity index (χ0n) is 10.2. The smallest absolute Gasteiger partial charge is 0.331 e. The number of carboxylic acid groups (broad SMARTS) is 3. The molecule has 0 atom stereocenters. The van der Waals surface area contributed by atoms with Crippen molar-refractivity contribution < 1.29 is 34.4 Å². The van der Waals surface area contributed by atoms with Gasteiger partial charge in [0, 0.05) is 11.6 Å². The van der Waals surface area contributed by atoms with E-state index >= 15 is 0 Å². The number of carbonyl (C=O) groups is 3. The van der Waals surface area contributed by atoms with Gasteiger partial charge in [-0.05, 0) is 13.8 Å². The summed E-state index contributed by atoms with van der Waals surface area (Å²) < 4.78 is 4.66. The minimum atomic E-state index is -1.24. The van der Waals surface area contributed by atoms with Crippen molar-refractivity contribution in [3.63, 3.8) is 0 Å². The lowest BCUT2D eigenvalue weighted by Gasteiger charge is -1.97. The Morgan fingerprint density at radius 2 is 1.61 bits per heavy atom. The summed E-state index contributed by atoms with van der Waals surface area (Å²) in [5, 5.41) is 24.2. The highest BCUT2D eigenvalue weighted by Crippen LogP contribution is 1.89. The summed E-state index contributed by atoms with van der Waals surface area (Å²) in [5.41, 5.74) is 0.652. The number of aliphatic carboxylic acids is 3. The van der Waals surface area contributed by atoms with Crippen LogP contribution in [0.3, 0.4) is 0 Å². The molecule has 3 N–H and O–H groups in total. The predicted molar refractivity (Wildman–Crippen MR) is 62.3 cm³/mol. The van der Waals surface area contributed by atoms with E-state index in [0.29, 0.717) is 12.7 Å². The first kappa shape index (κ1) is 18.2. The second-order valence-electron chi connectivity index (χ2n) is 3.31. The number of hydrogen-bond donors (Lipinski definition) is 3. The van der Waals surface area contributed by atoms with Crippen molar-refractivity contribution in [3.05, 3.63) is 23.8 Å². The molecule has 0 aromatic heterocycles. The van der Waals surface area contributed by atoms with Crippen molar-refractivity contribution in [2.24, 2.45) is 0 Å². The van der Waals surface area contributed by atoms with Crippen molar-refractivity contribution in [1.29, 1.82) is 0 Å². The van der Waals surface area contributed by atoms with Gasteiger partial charge in [-0.3, -0.25) is 0 Å². The largest absolute Gasteiger partial charge is 0.480 e. The molecule has 0 fully saturated rings. The molecule has 0 heterocycles. The van der Waals surface area contributed by atoms with Crippen LogP contribution in [0, 0.1) is 0 Å². The number of rotatable bonds is 6. The number of ether oxygens (including phenoxy) is 1. The molecule has 0 aliphatic heterocycles. The van der Waals surface area contributed by atoms with Gasteiger partial charge in [0.15, 0.2) is 0 Å². The SMILES string of the molecule is C/C(=C/C(=O)O)C(=O)O.C=C(C)COCC(=O)O. The van der Waals surface area contributed by atoms with Crippen LogP contribution in [0.25, 0.3) is 0 Å². The monoisotopic (exact) mass is 260 g/mol. The van der Waals surface area contributed by atoms with Crippen LogP contribution in [0.5, 0.6) is 0 Å². The van der Waals surface area contributed by atoms with E-state index in [9.17, 15) is 14.4 Å². The van der Waals surface area contributed by atoms with Gasteiger partial charge in [0.2, 0.25) is 0 Å². The highest BCUT2D eigenvalue weighted by atomic mass is 16.5. The molecule has 0 radical (unpaired) electrons. The quantitative estimate of drug-likeness (QED) is 0.476. The second kappa shape index (κ2) is 10.0. The molecule has 7 nitrogen and oxygen atoms in total. The fraction of sp³-hybridized carbons (Fsp3) is 0.364. The lowest BCUT2D eigenvalue weighted by molar-refractivity contribution is -0.141. The van der Waals surface area contributed by atoms with Gasteiger partial charge in [0.1, 0.15) is 6.61 Å². The van der Waals surface area contributed by atoms with Crippen LogP contribution in [0.4, 0.5) is 0 Å². The Bertz CT molecular complexity index is 340. The fourth-order valence-electron chi connectivity index (χ4n) is 0.560. The summed E-state index contributed by atoms with van der Waals surface area (Å²) in [5.74, 6) is -3.40. The van der Waals surface area contributed by atoms with Crippen LogP contribution < -0.4 is 0 Å². The van der Waals surface area contributed by atoms with Crippen LogP contribution in [0.1, 0.15) is 13.8 Å². The van der Waals surface area contributed by atoms with Crippen LogP contribution in [0.2, 0.25) is 0 Å². The summed E-state index contributed by atoms with van der Waals surface area (Å²) in [6.45, 7) is 6.61. The lowest BCUT2D eigenvalue weighted by Crippen LogP contribution is -2.07. The minimum absolute atomic E-state index is 0.178. The van der Waals surface area contributed by atoms with E-state index in [4.69, 9.17) is 15.3 Å². The fourth-order valence-corrected chi connectivity index (χ4v) is 0.560. The standard InChI is InChI=1S/C6H10O3.C5H6O4/c1-5(2)3-9-4-6(7)8;1-3(5(8)9)2-4(6)7/h1,3-4H2,2H3,(H,7,8);2H,1H3,(H,6,7)(H,8,9)/b;3-2-. The van der Waals surface area contributed by atoms with Gasteiger partial charge in [-0.25, -0.2) is 14.4 Å². The molecule has 7 heteroatoms. The van der Waals surface area contributed by atoms with Crippen molar-refractivity contribution >= 4 is 17.9 Å². The highest BCUT2D eigenvalue weighted by molar-refractivity contribution is 5.93. The maximum absolute atomic E-state index is 9.90. The first-order valence-electron chi connectivity index (χ1n) is 4.75. The Kier molecular flexibility index (Phi) is 10.2. The summed E-state index contributed by atoms with van der Waals surface area (Å²) in [4.78, 5) is 29.5. The third-order valence-electron chi connectivity index (χ3n) is 1.25. The van der Waals surface area contributed by atoms with Crippen molar-refractivity contribution in [1.82, 2.24) is 0 Å². The topological polar surface area (TPSA) is 121 Å². The van der Waals surface area contributed by atoms with Gasteiger partial charge >= 0.3 is 17.9 Å². The molecule has 0 rings (SSSR count). The van der Waals surface area contributed by atoms with E-state index in [1.54, 1.807) is 6.92 Å². The van der Waals surface area contributed by atoms with Gasteiger partial charge in [-0.1, -0.05) is 12.2 Å². The van der Waals surface area contributed by atoms with Crippen molar-refractivity contribution in [2.75, 3.05) is 13.2 Å². The zero-order chi connectivity index (χ0) is 14.7. The highest BCUT2D eigenvalue weighted by Gasteiger charge is 2.00. The first-order chi connectivity index (χ1) is 8.16. The molecule has 0 aliphatic rings. The van der Waals surface area contributed by atoms with Gasteiger partial charge in [-0.2, -0.15) is 0 Å². The Morgan fingerprint density at radius 3 is 1.83 bits per heavy atom. The van der Waals surface area contributed by atoms with Crippen molar-refractivity contribution in [2.45, 2.75) is 13.8 Å². The average Bonchev–Trinajstić information content (AvgIpc) is 2.15. The molecule has 0 aromatic rings. The molecule has 0 saturated heterocycles. The van der Waals surface area contributed by atoms with E-state index in [1.165, 1.54) is 6.92 Å². The molecule has 102 valence electrons. The van der Waals surface area contributed by atoms with Gasteiger partial charge in [-0.15, -0.1) is 0 Å². The molecule has 0 unspecified atom stereocenters. The van der Waals surface area contributed by atoms with E-state index in [-0.39, 0.29) is 12.2 Å². The Balaban J connectivity index is 0. The summed E-state index contributed by atoms with van der Waals surface area (Å²) in [6, 6.07) is 0. The lowest BCUT2D eigenvalue weighted by atomic mass is 10.3. The molecule has 0 saturated carbocycles. The molecule has 0 spiro atoms. The summed E-state index contributed by atoms with van der Waals surface area (Å²) in [6.07, 6.45) is 0.641. The van der Waals surface area contributed by atoms with Crippen LogP contribution in [-0.4, -0.2) is 46.4 Å². The second-order valence-corrected chi connectivity index (χ2v) is 3.31. The first-order valence-corrected chi connectivity index (χ1v) is 4.75. The predicted octanol–water partition coefficient (Wildman–Crippen LogP) is 0.766. The average molecular weight is 260 g/mol. The van der Waals surface area contributed by atoms with E-state index in [1.807, 2.05) is 0 Å². The maximum atomic E-state index is 9.90. The third-order valence-corrected chi connectivity index (χ3v) is 1.25. The van der Waals surface area contributed by atoms with Gasteiger partial charge in [0.05, 0.1) is 6.61 Å². The Morgan fingerprint density at radius 1 is 1.11 bits per heavy atom. The molecular formula is C11H16O7. The minimum Gasteiger partial charge on any atom is -0.480 e. The van der Waals surface area contributed by atoms with Gasteiger partial charge < -0.3 is 20.1 Å². The van der Waals surface area contributed by atoms with Gasteiger partial charge in [0.25, 0.3) is 0 Å². The Labute approximate surface area is 104 Å². The van der Waals surface area contributed by atoms with Crippen LogP contribution in [0.15, 0.2) is 23.8 Å². The van der Waals surface area contributed by atoms with E-state index < -0.39 is 17.9 Å². The molecular weight excluding hydrogens is 244 g/mol.